The van der Waals surface area contributed by atoms with Crippen LogP contribution in [0.4, 0.5) is 5.69 Å². The summed E-state index contributed by atoms with van der Waals surface area (Å²) in [4.78, 5) is 29.4. The normalized spacial score (nSPS) is 13.4. The smallest absolute Gasteiger partial charge is 0.273 e. The molecule has 1 aromatic heterocycles. The summed E-state index contributed by atoms with van der Waals surface area (Å²) < 4.78 is 0. The molecule has 0 bridgehead atoms. The van der Waals surface area contributed by atoms with Crippen molar-refractivity contribution in [3.05, 3.63) is 94.8 Å². The van der Waals surface area contributed by atoms with E-state index in [-0.39, 0.29) is 11.8 Å². The van der Waals surface area contributed by atoms with E-state index in [9.17, 15) is 9.59 Å². The highest BCUT2D eigenvalue weighted by atomic mass is 16.2. The minimum absolute atomic E-state index is 0.138. The molecule has 6 nitrogen and oxygen atoms in total. The highest BCUT2D eigenvalue weighted by Crippen LogP contribution is 2.21. The highest BCUT2D eigenvalue weighted by molar-refractivity contribution is 6.05. The van der Waals surface area contributed by atoms with Crippen molar-refractivity contribution < 1.29 is 9.59 Å². The van der Waals surface area contributed by atoms with Crippen molar-refractivity contribution in [2.45, 2.75) is 46.0 Å². The zero-order valence-corrected chi connectivity index (χ0v) is 19.8. The van der Waals surface area contributed by atoms with Gasteiger partial charge in [-0.15, -0.1) is 0 Å². The molecule has 4 rings (SSSR count). The first kappa shape index (κ1) is 23.4. The molecule has 174 valence electrons. The molecule has 1 aliphatic heterocycles. The molecule has 0 atom stereocenters. The monoisotopic (exact) mass is 454 g/mol. The van der Waals surface area contributed by atoms with Crippen LogP contribution in [-0.4, -0.2) is 34.1 Å². The van der Waals surface area contributed by atoms with Crippen LogP contribution in [0.1, 0.15) is 70.5 Å². The summed E-state index contributed by atoms with van der Waals surface area (Å²) in [6.45, 7) is 4.97. The molecule has 0 radical (unpaired) electrons. The standard InChI is InChI=1S/C28H30N4O2/c1-3-7-22-18-23(11-10-20(22)4-2)26-9-6-17-32(31-26)28(34)21-12-14-25(15-13-21)30-27(33)24-8-5-16-29-19-24/h5,8,10-16,18-19H,3-4,6-7,9,17H2,1-2H3,(H,30,33). The topological polar surface area (TPSA) is 74.7 Å². The molecule has 34 heavy (non-hydrogen) atoms. The van der Waals surface area contributed by atoms with Crippen LogP contribution in [0.15, 0.2) is 72.1 Å². The van der Waals surface area contributed by atoms with Gasteiger partial charge in [-0.3, -0.25) is 14.6 Å². The second-order valence-corrected chi connectivity index (χ2v) is 8.44. The fourth-order valence-electron chi connectivity index (χ4n) is 4.19. The maximum atomic E-state index is 13.1. The molecule has 0 fully saturated rings. The average Bonchev–Trinajstić information content (AvgIpc) is 2.89. The van der Waals surface area contributed by atoms with Gasteiger partial charge in [0.05, 0.1) is 11.3 Å². The van der Waals surface area contributed by atoms with Crippen LogP contribution in [0, 0.1) is 0 Å². The average molecular weight is 455 g/mol. The number of benzene rings is 2. The minimum Gasteiger partial charge on any atom is -0.322 e. The second kappa shape index (κ2) is 10.9. The number of carbonyl (C=O) groups excluding carboxylic acids is 2. The van der Waals surface area contributed by atoms with Crippen LogP contribution in [0.5, 0.6) is 0 Å². The molecule has 0 saturated carbocycles. The molecule has 1 aliphatic rings. The van der Waals surface area contributed by atoms with Crippen LogP contribution in [0.3, 0.4) is 0 Å². The quantitative estimate of drug-likeness (QED) is 0.513. The van der Waals surface area contributed by atoms with E-state index >= 15 is 0 Å². The Morgan fingerprint density at radius 1 is 1.00 bits per heavy atom. The molecule has 0 saturated heterocycles. The van der Waals surface area contributed by atoms with E-state index in [2.05, 4.69) is 42.3 Å². The van der Waals surface area contributed by atoms with Crippen molar-refractivity contribution in [1.29, 1.82) is 0 Å². The van der Waals surface area contributed by atoms with Crippen molar-refractivity contribution in [2.75, 3.05) is 11.9 Å². The molecule has 0 unspecified atom stereocenters. The number of hydrogen-bond donors (Lipinski definition) is 1. The summed E-state index contributed by atoms with van der Waals surface area (Å²) in [5.74, 6) is -0.379. The zero-order chi connectivity index (χ0) is 23.9. The molecule has 0 spiro atoms. The fraction of sp³-hybridized carbons (Fsp3) is 0.286. The number of hydrogen-bond acceptors (Lipinski definition) is 4. The van der Waals surface area contributed by atoms with Gasteiger partial charge in [-0.25, -0.2) is 5.01 Å². The van der Waals surface area contributed by atoms with E-state index in [1.165, 1.54) is 17.3 Å². The number of pyridine rings is 1. The zero-order valence-electron chi connectivity index (χ0n) is 19.8. The Kier molecular flexibility index (Phi) is 7.48. The van der Waals surface area contributed by atoms with Gasteiger partial charge in [0.15, 0.2) is 0 Å². The summed E-state index contributed by atoms with van der Waals surface area (Å²) in [5, 5.41) is 9.11. The predicted molar refractivity (Wildman–Crippen MR) is 135 cm³/mol. The number of nitrogens with zero attached hydrogens (tertiary/aromatic N) is 3. The Morgan fingerprint density at radius 3 is 2.53 bits per heavy atom. The van der Waals surface area contributed by atoms with E-state index in [4.69, 9.17) is 5.10 Å². The highest BCUT2D eigenvalue weighted by Gasteiger charge is 2.21. The van der Waals surface area contributed by atoms with Gasteiger partial charge in [-0.1, -0.05) is 32.4 Å². The second-order valence-electron chi connectivity index (χ2n) is 8.44. The first-order valence-corrected chi connectivity index (χ1v) is 11.9. The van der Waals surface area contributed by atoms with Gasteiger partial charge in [0.1, 0.15) is 0 Å². The number of hydrazone groups is 1. The lowest BCUT2D eigenvalue weighted by atomic mass is 9.95. The van der Waals surface area contributed by atoms with E-state index in [0.29, 0.717) is 23.4 Å². The molecular weight excluding hydrogens is 424 g/mol. The Morgan fingerprint density at radius 2 is 1.82 bits per heavy atom. The van der Waals surface area contributed by atoms with Gasteiger partial charge < -0.3 is 5.32 Å². The Balaban J connectivity index is 1.48. The maximum absolute atomic E-state index is 13.1. The maximum Gasteiger partial charge on any atom is 0.273 e. The largest absolute Gasteiger partial charge is 0.322 e. The van der Waals surface area contributed by atoms with Crippen LogP contribution in [0.25, 0.3) is 0 Å². The fourth-order valence-corrected chi connectivity index (χ4v) is 4.19. The summed E-state index contributed by atoms with van der Waals surface area (Å²) in [7, 11) is 0. The predicted octanol–water partition coefficient (Wildman–Crippen LogP) is 5.49. The van der Waals surface area contributed by atoms with Crippen molar-refractivity contribution in [3.63, 3.8) is 0 Å². The van der Waals surface area contributed by atoms with E-state index in [0.717, 1.165) is 43.4 Å². The lowest BCUT2D eigenvalue weighted by molar-refractivity contribution is 0.0751. The first-order valence-electron chi connectivity index (χ1n) is 11.9. The number of nitrogens with one attached hydrogen (secondary N) is 1. The van der Waals surface area contributed by atoms with Crippen molar-refractivity contribution >= 4 is 23.2 Å². The summed E-state index contributed by atoms with van der Waals surface area (Å²) in [6.07, 6.45) is 8.05. The third kappa shape index (κ3) is 5.39. The minimum atomic E-state index is -0.242. The molecule has 0 aliphatic carbocycles. The molecule has 6 heteroatoms. The number of amides is 2. The molecule has 3 aromatic rings. The van der Waals surface area contributed by atoms with Gasteiger partial charge in [-0.05, 0) is 84.8 Å². The first-order chi connectivity index (χ1) is 16.6. The molecule has 1 N–H and O–H groups in total. The number of aromatic nitrogens is 1. The molecule has 2 aromatic carbocycles. The van der Waals surface area contributed by atoms with Crippen LogP contribution in [-0.2, 0) is 12.8 Å². The lowest BCUT2D eigenvalue weighted by Crippen LogP contribution is -2.32. The number of anilines is 1. The van der Waals surface area contributed by atoms with E-state index in [1.807, 2.05) is 0 Å². The number of aryl methyl sites for hydroxylation is 2. The van der Waals surface area contributed by atoms with Crippen molar-refractivity contribution in [3.8, 4) is 0 Å². The van der Waals surface area contributed by atoms with E-state index < -0.39 is 0 Å². The molecular formula is C28H30N4O2. The third-order valence-electron chi connectivity index (χ3n) is 6.01. The summed E-state index contributed by atoms with van der Waals surface area (Å²) in [6, 6.07) is 16.9. The van der Waals surface area contributed by atoms with Gasteiger partial charge in [0.25, 0.3) is 11.8 Å². The molecule has 2 amide bonds. The number of carbonyl (C=O) groups is 2. The van der Waals surface area contributed by atoms with Gasteiger partial charge in [-0.2, -0.15) is 5.10 Å². The SMILES string of the molecule is CCCc1cc(C2=NN(C(=O)c3ccc(NC(=O)c4cccnc4)cc3)CCC2)ccc1CC. The molecule has 2 heterocycles. The Hall–Kier alpha value is -3.80. The third-order valence-corrected chi connectivity index (χ3v) is 6.01. The summed E-state index contributed by atoms with van der Waals surface area (Å²) >= 11 is 0. The van der Waals surface area contributed by atoms with Gasteiger partial charge in [0.2, 0.25) is 0 Å². The van der Waals surface area contributed by atoms with Crippen LogP contribution < -0.4 is 5.32 Å². The van der Waals surface area contributed by atoms with Crippen LogP contribution >= 0.6 is 0 Å². The van der Waals surface area contributed by atoms with Gasteiger partial charge >= 0.3 is 0 Å². The van der Waals surface area contributed by atoms with E-state index in [1.54, 1.807) is 47.6 Å². The number of rotatable bonds is 7. The van der Waals surface area contributed by atoms with Crippen molar-refractivity contribution in [1.82, 2.24) is 9.99 Å². The van der Waals surface area contributed by atoms with Gasteiger partial charge in [0, 0.05) is 30.2 Å². The Bertz CT molecular complexity index is 1190. The Labute approximate surface area is 200 Å². The van der Waals surface area contributed by atoms with Crippen molar-refractivity contribution in [2.24, 2.45) is 5.10 Å². The lowest BCUT2D eigenvalue weighted by Gasteiger charge is -2.24. The summed E-state index contributed by atoms with van der Waals surface area (Å²) in [5.41, 5.74) is 6.45. The van der Waals surface area contributed by atoms with Crippen LogP contribution in [0.2, 0.25) is 0 Å².